The SMILES string of the molecule is CCCCC=CC1=CC(C)(O)OC1=O. The molecule has 0 aromatic heterocycles. The van der Waals surface area contributed by atoms with Gasteiger partial charge in [0.05, 0.1) is 5.57 Å². The smallest absolute Gasteiger partial charge is 0.340 e. The minimum atomic E-state index is -1.43. The van der Waals surface area contributed by atoms with Crippen LogP contribution in [-0.4, -0.2) is 16.9 Å². The van der Waals surface area contributed by atoms with Gasteiger partial charge in [-0.3, -0.25) is 0 Å². The second-order valence-electron chi connectivity index (χ2n) is 3.59. The lowest BCUT2D eigenvalue weighted by Crippen LogP contribution is -2.22. The molecule has 1 rings (SSSR count). The van der Waals surface area contributed by atoms with Crippen LogP contribution in [0.4, 0.5) is 0 Å². The summed E-state index contributed by atoms with van der Waals surface area (Å²) in [4.78, 5) is 11.2. The molecule has 78 valence electrons. The zero-order chi connectivity index (χ0) is 10.6. The molecule has 0 fully saturated rings. The third-order valence-electron chi connectivity index (χ3n) is 1.98. The molecule has 1 unspecified atom stereocenters. The molecule has 14 heavy (non-hydrogen) atoms. The Bertz CT molecular complexity index is 274. The van der Waals surface area contributed by atoms with Gasteiger partial charge in [-0.25, -0.2) is 4.79 Å². The van der Waals surface area contributed by atoms with Gasteiger partial charge in [0.1, 0.15) is 0 Å². The highest BCUT2D eigenvalue weighted by Gasteiger charge is 2.32. The molecular formula is C11H16O3. The summed E-state index contributed by atoms with van der Waals surface area (Å²) < 4.78 is 4.69. The van der Waals surface area contributed by atoms with Gasteiger partial charge < -0.3 is 9.84 Å². The molecule has 0 saturated heterocycles. The lowest BCUT2D eigenvalue weighted by atomic mass is 10.1. The third kappa shape index (κ3) is 3.00. The molecule has 3 nitrogen and oxygen atoms in total. The Labute approximate surface area is 84.1 Å². The maximum absolute atomic E-state index is 11.2. The van der Waals surface area contributed by atoms with Gasteiger partial charge in [0.25, 0.3) is 0 Å². The van der Waals surface area contributed by atoms with E-state index in [0.717, 1.165) is 19.3 Å². The largest absolute Gasteiger partial charge is 0.426 e. The van der Waals surface area contributed by atoms with Crippen LogP contribution in [0.25, 0.3) is 0 Å². The summed E-state index contributed by atoms with van der Waals surface area (Å²) in [5, 5.41) is 9.38. The van der Waals surface area contributed by atoms with Gasteiger partial charge in [-0.2, -0.15) is 0 Å². The molecule has 0 radical (unpaired) electrons. The predicted molar refractivity (Wildman–Crippen MR) is 53.5 cm³/mol. The normalized spacial score (nSPS) is 26.8. The number of hydrogen-bond donors (Lipinski definition) is 1. The summed E-state index contributed by atoms with van der Waals surface area (Å²) in [6.45, 7) is 3.56. The Morgan fingerprint density at radius 1 is 1.64 bits per heavy atom. The molecule has 1 aliphatic rings. The van der Waals surface area contributed by atoms with Crippen molar-refractivity contribution in [3.8, 4) is 0 Å². The Kier molecular flexibility index (Phi) is 3.47. The second kappa shape index (κ2) is 4.42. The Balaban J connectivity index is 2.52. The number of cyclic esters (lactones) is 1. The lowest BCUT2D eigenvalue weighted by molar-refractivity contribution is -0.172. The van der Waals surface area contributed by atoms with Crippen LogP contribution in [0.1, 0.15) is 33.1 Å². The summed E-state index contributed by atoms with van der Waals surface area (Å²) in [6.07, 6.45) is 8.25. The van der Waals surface area contributed by atoms with E-state index in [4.69, 9.17) is 4.74 Å². The molecule has 0 spiro atoms. The van der Waals surface area contributed by atoms with Gasteiger partial charge in [0, 0.05) is 13.0 Å². The van der Waals surface area contributed by atoms with Crippen LogP contribution < -0.4 is 0 Å². The van der Waals surface area contributed by atoms with Crippen LogP contribution >= 0.6 is 0 Å². The number of unbranched alkanes of at least 4 members (excludes halogenated alkanes) is 2. The molecule has 1 aliphatic heterocycles. The van der Waals surface area contributed by atoms with Crippen molar-refractivity contribution < 1.29 is 14.6 Å². The Hall–Kier alpha value is -1.09. The number of ether oxygens (including phenoxy) is 1. The van der Waals surface area contributed by atoms with E-state index in [2.05, 4.69) is 6.92 Å². The predicted octanol–water partition coefficient (Wildman–Crippen LogP) is 1.92. The molecule has 1 heterocycles. The van der Waals surface area contributed by atoms with Crippen LogP contribution in [-0.2, 0) is 9.53 Å². The molecule has 0 amide bonds. The molecule has 0 aromatic rings. The third-order valence-corrected chi connectivity index (χ3v) is 1.98. The van der Waals surface area contributed by atoms with Crippen molar-refractivity contribution in [1.82, 2.24) is 0 Å². The number of esters is 1. The lowest BCUT2D eigenvalue weighted by Gasteiger charge is -2.11. The van der Waals surface area contributed by atoms with E-state index in [1.807, 2.05) is 6.08 Å². The summed E-state index contributed by atoms with van der Waals surface area (Å²) in [5.41, 5.74) is 0.436. The molecule has 1 atom stereocenters. The van der Waals surface area contributed by atoms with Gasteiger partial charge in [-0.1, -0.05) is 31.9 Å². The van der Waals surface area contributed by atoms with E-state index >= 15 is 0 Å². The highest BCUT2D eigenvalue weighted by molar-refractivity contribution is 5.94. The van der Waals surface area contributed by atoms with E-state index in [1.165, 1.54) is 13.0 Å². The molecule has 1 N–H and O–H groups in total. The monoisotopic (exact) mass is 196 g/mol. The van der Waals surface area contributed by atoms with Crippen molar-refractivity contribution in [2.75, 3.05) is 0 Å². The van der Waals surface area contributed by atoms with Gasteiger partial charge >= 0.3 is 5.97 Å². The number of hydrogen-bond acceptors (Lipinski definition) is 3. The van der Waals surface area contributed by atoms with Crippen LogP contribution in [0.3, 0.4) is 0 Å². The fourth-order valence-electron chi connectivity index (χ4n) is 1.27. The van der Waals surface area contributed by atoms with Crippen molar-refractivity contribution in [1.29, 1.82) is 0 Å². The zero-order valence-corrected chi connectivity index (χ0v) is 8.62. The van der Waals surface area contributed by atoms with E-state index in [-0.39, 0.29) is 0 Å². The molecule has 0 aliphatic carbocycles. The van der Waals surface area contributed by atoms with E-state index in [0.29, 0.717) is 5.57 Å². The first-order valence-electron chi connectivity index (χ1n) is 4.90. The number of carbonyl (C=O) groups excluding carboxylic acids is 1. The second-order valence-corrected chi connectivity index (χ2v) is 3.59. The fourth-order valence-corrected chi connectivity index (χ4v) is 1.27. The molecular weight excluding hydrogens is 180 g/mol. The average Bonchev–Trinajstić information content (AvgIpc) is 2.34. The standard InChI is InChI=1S/C11H16O3/c1-3-4-5-6-7-9-8-11(2,13)14-10(9)12/h6-8,13H,3-5H2,1-2H3. The summed E-state index contributed by atoms with van der Waals surface area (Å²) in [5.74, 6) is -1.88. The molecule has 3 heteroatoms. The Morgan fingerprint density at radius 3 is 2.86 bits per heavy atom. The van der Waals surface area contributed by atoms with Gasteiger partial charge in [-0.15, -0.1) is 0 Å². The van der Waals surface area contributed by atoms with E-state index in [9.17, 15) is 9.90 Å². The minimum Gasteiger partial charge on any atom is -0.426 e. The number of carbonyl (C=O) groups is 1. The number of aliphatic hydroxyl groups is 1. The summed E-state index contributed by atoms with van der Waals surface area (Å²) in [6, 6.07) is 0. The first kappa shape index (κ1) is 11.0. The fraction of sp³-hybridized carbons (Fsp3) is 0.545. The average molecular weight is 196 g/mol. The van der Waals surface area contributed by atoms with Crippen LogP contribution in [0, 0.1) is 0 Å². The van der Waals surface area contributed by atoms with Crippen LogP contribution in [0.15, 0.2) is 23.8 Å². The van der Waals surface area contributed by atoms with Crippen molar-refractivity contribution in [3.63, 3.8) is 0 Å². The summed E-state index contributed by atoms with van der Waals surface area (Å²) >= 11 is 0. The topological polar surface area (TPSA) is 46.5 Å². The molecule has 0 aromatic carbocycles. The minimum absolute atomic E-state index is 0.436. The number of allylic oxidation sites excluding steroid dienone is 1. The maximum atomic E-state index is 11.2. The zero-order valence-electron chi connectivity index (χ0n) is 8.62. The quantitative estimate of drug-likeness (QED) is 0.552. The van der Waals surface area contributed by atoms with Crippen molar-refractivity contribution >= 4 is 5.97 Å². The first-order valence-corrected chi connectivity index (χ1v) is 4.90. The van der Waals surface area contributed by atoms with Crippen LogP contribution in [0.5, 0.6) is 0 Å². The van der Waals surface area contributed by atoms with Gasteiger partial charge in [0.15, 0.2) is 0 Å². The van der Waals surface area contributed by atoms with Crippen molar-refractivity contribution in [3.05, 3.63) is 23.8 Å². The van der Waals surface area contributed by atoms with Crippen molar-refractivity contribution in [2.45, 2.75) is 38.9 Å². The highest BCUT2D eigenvalue weighted by Crippen LogP contribution is 2.22. The highest BCUT2D eigenvalue weighted by atomic mass is 16.7. The Morgan fingerprint density at radius 2 is 2.36 bits per heavy atom. The van der Waals surface area contributed by atoms with Crippen molar-refractivity contribution in [2.24, 2.45) is 0 Å². The maximum Gasteiger partial charge on any atom is 0.340 e. The first-order chi connectivity index (χ1) is 6.55. The van der Waals surface area contributed by atoms with Gasteiger partial charge in [-0.05, 0) is 6.42 Å². The van der Waals surface area contributed by atoms with E-state index in [1.54, 1.807) is 6.08 Å². The summed E-state index contributed by atoms with van der Waals surface area (Å²) in [7, 11) is 0. The van der Waals surface area contributed by atoms with Crippen LogP contribution in [0.2, 0.25) is 0 Å². The van der Waals surface area contributed by atoms with E-state index < -0.39 is 11.8 Å². The molecule has 0 bridgehead atoms. The van der Waals surface area contributed by atoms with Gasteiger partial charge in [0.2, 0.25) is 5.79 Å². The molecule has 0 saturated carbocycles. The number of rotatable bonds is 4.